The van der Waals surface area contributed by atoms with Gasteiger partial charge in [0.1, 0.15) is 0 Å². The highest BCUT2D eigenvalue weighted by atomic mass is 32.2. The summed E-state index contributed by atoms with van der Waals surface area (Å²) in [7, 11) is -2.08. The van der Waals surface area contributed by atoms with E-state index < -0.39 is 10.0 Å². The third kappa shape index (κ3) is 5.05. The fraction of sp³-hybridized carbons (Fsp3) is 0.118. The average Bonchev–Trinajstić information content (AvgIpc) is 2.59. The number of sulfonamides is 1. The highest BCUT2D eigenvalue weighted by Gasteiger charge is 2.09. The fourth-order valence-corrected chi connectivity index (χ4v) is 2.62. The maximum absolute atomic E-state index is 11.8. The molecule has 6 heteroatoms. The van der Waals surface area contributed by atoms with Crippen LogP contribution in [0.4, 0.5) is 0 Å². The smallest absolute Gasteiger partial charge is 0.244 e. The SMILES string of the molecule is CNS(=O)(=O)c1ccc(/C=C/C(=O)NCc2ccccc2)cc1. The summed E-state index contributed by atoms with van der Waals surface area (Å²) in [5.74, 6) is -0.208. The minimum Gasteiger partial charge on any atom is -0.348 e. The van der Waals surface area contributed by atoms with Crippen molar-refractivity contribution in [3.8, 4) is 0 Å². The molecule has 1 amide bonds. The standard InChI is InChI=1S/C17H18N2O3S/c1-18-23(21,22)16-10-7-14(8-11-16)9-12-17(20)19-13-15-5-3-2-4-6-15/h2-12,18H,13H2,1H3,(H,19,20)/b12-9+. The molecule has 2 N–H and O–H groups in total. The van der Waals surface area contributed by atoms with Gasteiger partial charge < -0.3 is 5.32 Å². The number of rotatable bonds is 6. The van der Waals surface area contributed by atoms with Gasteiger partial charge in [0, 0.05) is 12.6 Å². The molecule has 2 aromatic rings. The number of hydrogen-bond donors (Lipinski definition) is 2. The zero-order chi connectivity index (χ0) is 16.7. The van der Waals surface area contributed by atoms with Gasteiger partial charge in [-0.3, -0.25) is 4.79 Å². The van der Waals surface area contributed by atoms with Crippen LogP contribution in [0.1, 0.15) is 11.1 Å². The van der Waals surface area contributed by atoms with E-state index in [2.05, 4.69) is 10.0 Å². The highest BCUT2D eigenvalue weighted by Crippen LogP contribution is 2.11. The molecule has 0 unspecified atom stereocenters. The fourth-order valence-electron chi connectivity index (χ4n) is 1.89. The van der Waals surface area contributed by atoms with Crippen LogP contribution in [-0.2, 0) is 21.4 Å². The van der Waals surface area contributed by atoms with Crippen molar-refractivity contribution >= 4 is 22.0 Å². The Labute approximate surface area is 136 Å². The van der Waals surface area contributed by atoms with Crippen molar-refractivity contribution < 1.29 is 13.2 Å². The van der Waals surface area contributed by atoms with Gasteiger partial charge in [0.05, 0.1) is 4.90 Å². The van der Waals surface area contributed by atoms with Crippen LogP contribution in [0.2, 0.25) is 0 Å². The van der Waals surface area contributed by atoms with Crippen LogP contribution in [-0.4, -0.2) is 21.4 Å². The Hall–Kier alpha value is -2.44. The van der Waals surface area contributed by atoms with Crippen LogP contribution in [0.5, 0.6) is 0 Å². The van der Waals surface area contributed by atoms with Crippen molar-refractivity contribution in [2.45, 2.75) is 11.4 Å². The molecule has 0 spiro atoms. The summed E-state index contributed by atoms with van der Waals surface area (Å²) in [6.45, 7) is 0.462. The lowest BCUT2D eigenvalue weighted by atomic mass is 10.2. The van der Waals surface area contributed by atoms with Crippen molar-refractivity contribution in [1.29, 1.82) is 0 Å². The van der Waals surface area contributed by atoms with E-state index in [1.807, 2.05) is 30.3 Å². The number of amides is 1. The molecule has 2 rings (SSSR count). The molecule has 0 bridgehead atoms. The number of benzene rings is 2. The molecule has 23 heavy (non-hydrogen) atoms. The summed E-state index contributed by atoms with van der Waals surface area (Å²) in [5, 5.41) is 2.78. The molecule has 0 saturated heterocycles. The zero-order valence-electron chi connectivity index (χ0n) is 12.7. The van der Waals surface area contributed by atoms with Crippen LogP contribution < -0.4 is 10.0 Å². The maximum Gasteiger partial charge on any atom is 0.244 e. The molecule has 0 aliphatic heterocycles. The summed E-state index contributed by atoms with van der Waals surface area (Å²) >= 11 is 0. The Morgan fingerprint density at radius 3 is 2.30 bits per heavy atom. The van der Waals surface area contributed by atoms with Crippen LogP contribution in [0.15, 0.2) is 65.6 Å². The van der Waals surface area contributed by atoms with Gasteiger partial charge in [-0.05, 0) is 36.4 Å². The molecular formula is C17H18N2O3S. The molecule has 120 valence electrons. The molecule has 0 saturated carbocycles. The number of hydrogen-bond acceptors (Lipinski definition) is 3. The van der Waals surface area contributed by atoms with Gasteiger partial charge in [-0.15, -0.1) is 0 Å². The second-order valence-corrected chi connectivity index (χ2v) is 6.70. The third-order valence-corrected chi connectivity index (χ3v) is 4.63. The minimum atomic E-state index is -3.44. The first-order chi connectivity index (χ1) is 11.0. The Balaban J connectivity index is 1.93. The monoisotopic (exact) mass is 330 g/mol. The molecular weight excluding hydrogens is 312 g/mol. The summed E-state index contributed by atoms with van der Waals surface area (Å²) < 4.78 is 25.5. The lowest BCUT2D eigenvalue weighted by Crippen LogP contribution is -2.20. The number of carbonyl (C=O) groups excluding carboxylic acids is 1. The zero-order valence-corrected chi connectivity index (χ0v) is 13.5. The molecule has 0 aromatic heterocycles. The van der Waals surface area contributed by atoms with Gasteiger partial charge in [-0.2, -0.15) is 0 Å². The van der Waals surface area contributed by atoms with E-state index in [1.165, 1.54) is 25.3 Å². The van der Waals surface area contributed by atoms with Crippen LogP contribution in [0, 0.1) is 0 Å². The van der Waals surface area contributed by atoms with Crippen molar-refractivity contribution in [1.82, 2.24) is 10.0 Å². The summed E-state index contributed by atoms with van der Waals surface area (Å²) in [4.78, 5) is 11.9. The first-order valence-electron chi connectivity index (χ1n) is 7.05. The molecule has 0 aliphatic carbocycles. The minimum absolute atomic E-state index is 0.186. The van der Waals surface area contributed by atoms with E-state index in [4.69, 9.17) is 0 Å². The van der Waals surface area contributed by atoms with E-state index in [0.717, 1.165) is 11.1 Å². The topological polar surface area (TPSA) is 75.3 Å². The van der Waals surface area contributed by atoms with Crippen LogP contribution in [0.3, 0.4) is 0 Å². The predicted molar refractivity (Wildman–Crippen MR) is 90.0 cm³/mol. The Kier molecular flexibility index (Phi) is 5.67. The van der Waals surface area contributed by atoms with Crippen molar-refractivity contribution in [2.24, 2.45) is 0 Å². The summed E-state index contributed by atoms with van der Waals surface area (Å²) in [6, 6.07) is 15.9. The largest absolute Gasteiger partial charge is 0.348 e. The van der Waals surface area contributed by atoms with Crippen LogP contribution in [0.25, 0.3) is 6.08 Å². The van der Waals surface area contributed by atoms with E-state index in [1.54, 1.807) is 18.2 Å². The maximum atomic E-state index is 11.8. The van der Waals surface area contributed by atoms with Gasteiger partial charge in [-0.25, -0.2) is 13.1 Å². The van der Waals surface area contributed by atoms with Gasteiger partial charge in [0.2, 0.25) is 15.9 Å². The van der Waals surface area contributed by atoms with E-state index in [-0.39, 0.29) is 10.8 Å². The van der Waals surface area contributed by atoms with Crippen molar-refractivity contribution in [3.63, 3.8) is 0 Å². The quantitative estimate of drug-likeness (QED) is 0.795. The lowest BCUT2D eigenvalue weighted by molar-refractivity contribution is -0.116. The molecule has 0 radical (unpaired) electrons. The predicted octanol–water partition coefficient (Wildman–Crippen LogP) is 1.92. The normalized spacial score (nSPS) is 11.5. The van der Waals surface area contributed by atoms with Crippen LogP contribution >= 0.6 is 0 Å². The molecule has 5 nitrogen and oxygen atoms in total. The third-order valence-electron chi connectivity index (χ3n) is 3.20. The van der Waals surface area contributed by atoms with E-state index in [0.29, 0.717) is 6.54 Å². The van der Waals surface area contributed by atoms with Crippen molar-refractivity contribution in [3.05, 3.63) is 71.8 Å². The van der Waals surface area contributed by atoms with Gasteiger partial charge in [0.15, 0.2) is 0 Å². The highest BCUT2D eigenvalue weighted by molar-refractivity contribution is 7.89. The second-order valence-electron chi connectivity index (χ2n) is 4.81. The average molecular weight is 330 g/mol. The Morgan fingerprint density at radius 2 is 1.70 bits per heavy atom. The molecule has 2 aromatic carbocycles. The van der Waals surface area contributed by atoms with E-state index >= 15 is 0 Å². The molecule has 0 fully saturated rings. The Morgan fingerprint density at radius 1 is 1.04 bits per heavy atom. The summed E-state index contributed by atoms with van der Waals surface area (Å²) in [6.07, 6.45) is 3.06. The van der Waals surface area contributed by atoms with Gasteiger partial charge >= 0.3 is 0 Å². The summed E-state index contributed by atoms with van der Waals surface area (Å²) in [5.41, 5.74) is 1.77. The number of nitrogens with one attached hydrogen (secondary N) is 2. The lowest BCUT2D eigenvalue weighted by Gasteiger charge is -2.03. The first kappa shape index (κ1) is 16.9. The number of carbonyl (C=O) groups is 1. The van der Waals surface area contributed by atoms with Crippen molar-refractivity contribution in [2.75, 3.05) is 7.05 Å². The molecule has 0 heterocycles. The second kappa shape index (κ2) is 7.71. The van der Waals surface area contributed by atoms with Gasteiger partial charge in [-0.1, -0.05) is 42.5 Å². The van der Waals surface area contributed by atoms with E-state index in [9.17, 15) is 13.2 Å². The first-order valence-corrected chi connectivity index (χ1v) is 8.53. The Bertz CT molecular complexity index is 782. The molecule has 0 aliphatic rings. The van der Waals surface area contributed by atoms with Gasteiger partial charge in [0.25, 0.3) is 0 Å². The molecule has 0 atom stereocenters.